The van der Waals surface area contributed by atoms with Crippen LogP contribution in [-0.2, 0) is 0 Å². The fourth-order valence-corrected chi connectivity index (χ4v) is 4.07. The lowest BCUT2D eigenvalue weighted by molar-refractivity contribution is 0.102. The number of nitrogens with one attached hydrogen (secondary N) is 1. The second kappa shape index (κ2) is 7.29. The second-order valence-electron chi connectivity index (χ2n) is 6.28. The molecule has 0 radical (unpaired) electrons. The molecule has 0 atom stereocenters. The molecular weight excluding hydrogens is 384 g/mol. The molecule has 3 heterocycles. The summed E-state index contributed by atoms with van der Waals surface area (Å²) in [4.78, 5) is 25.9. The van der Waals surface area contributed by atoms with Gasteiger partial charge in [0, 0.05) is 21.8 Å². The van der Waals surface area contributed by atoms with Crippen molar-refractivity contribution in [1.29, 1.82) is 0 Å². The molecule has 3 aromatic heterocycles. The van der Waals surface area contributed by atoms with Gasteiger partial charge in [0.2, 0.25) is 5.88 Å². The fraction of sp³-hybridized carbons (Fsp3) is 0. The molecule has 1 N–H and O–H groups in total. The summed E-state index contributed by atoms with van der Waals surface area (Å²) in [5.41, 5.74) is 1.17. The Morgan fingerprint density at radius 1 is 0.966 bits per heavy atom. The van der Waals surface area contributed by atoms with Crippen molar-refractivity contribution >= 4 is 43.2 Å². The van der Waals surface area contributed by atoms with E-state index in [1.807, 2.05) is 18.2 Å². The average Bonchev–Trinajstić information content (AvgIpc) is 3.14. The van der Waals surface area contributed by atoms with Crippen molar-refractivity contribution in [3.05, 3.63) is 84.9 Å². The van der Waals surface area contributed by atoms with Gasteiger partial charge in [0.15, 0.2) is 0 Å². The lowest BCUT2D eigenvalue weighted by Crippen LogP contribution is -2.11. The van der Waals surface area contributed by atoms with Crippen LogP contribution >= 0.6 is 11.3 Å². The van der Waals surface area contributed by atoms with E-state index in [4.69, 9.17) is 4.74 Å². The number of carbonyl (C=O) groups excluding carboxylic acids is 1. The highest BCUT2D eigenvalue weighted by Gasteiger charge is 2.13. The third-order valence-electron chi connectivity index (χ3n) is 4.39. The molecule has 140 valence electrons. The molecule has 0 aliphatic carbocycles. The SMILES string of the molecule is O=C(Nc1cccnc1)c1ccc(Oc2ncnc3sc4ccccc4c23)cc1. The van der Waals surface area contributed by atoms with Crippen molar-refractivity contribution in [2.24, 2.45) is 0 Å². The van der Waals surface area contributed by atoms with E-state index in [-0.39, 0.29) is 5.91 Å². The summed E-state index contributed by atoms with van der Waals surface area (Å²) < 4.78 is 7.16. The van der Waals surface area contributed by atoms with Gasteiger partial charge in [-0.3, -0.25) is 9.78 Å². The number of pyridine rings is 1. The van der Waals surface area contributed by atoms with E-state index in [0.29, 0.717) is 22.9 Å². The maximum Gasteiger partial charge on any atom is 0.255 e. The maximum absolute atomic E-state index is 12.4. The number of fused-ring (bicyclic) bond motifs is 3. The number of aromatic nitrogens is 3. The van der Waals surface area contributed by atoms with Gasteiger partial charge < -0.3 is 10.1 Å². The van der Waals surface area contributed by atoms with Crippen molar-refractivity contribution < 1.29 is 9.53 Å². The zero-order valence-corrected chi connectivity index (χ0v) is 15.9. The summed E-state index contributed by atoms with van der Waals surface area (Å²) in [5, 5.41) is 4.77. The van der Waals surface area contributed by atoms with Gasteiger partial charge in [-0.1, -0.05) is 18.2 Å². The topological polar surface area (TPSA) is 77.0 Å². The highest BCUT2D eigenvalue weighted by molar-refractivity contribution is 7.25. The first kappa shape index (κ1) is 17.3. The molecule has 0 fully saturated rings. The van der Waals surface area contributed by atoms with Crippen molar-refractivity contribution in [2.45, 2.75) is 0 Å². The molecule has 7 heteroatoms. The van der Waals surface area contributed by atoms with Crippen molar-refractivity contribution in [3.8, 4) is 11.6 Å². The van der Waals surface area contributed by atoms with Gasteiger partial charge in [-0.15, -0.1) is 11.3 Å². The van der Waals surface area contributed by atoms with E-state index in [9.17, 15) is 4.79 Å². The molecular formula is C22H14N4O2S. The minimum atomic E-state index is -0.210. The fourth-order valence-electron chi connectivity index (χ4n) is 3.03. The Labute approximate surface area is 169 Å². The van der Waals surface area contributed by atoms with Crippen LogP contribution in [0.2, 0.25) is 0 Å². The molecule has 0 saturated heterocycles. The van der Waals surface area contributed by atoms with E-state index in [0.717, 1.165) is 20.3 Å². The molecule has 29 heavy (non-hydrogen) atoms. The standard InChI is InChI=1S/C22H14N4O2S/c27-20(26-15-4-3-11-23-12-15)14-7-9-16(10-8-14)28-21-19-17-5-1-2-6-18(17)29-22(19)25-13-24-21/h1-13H,(H,26,27). The molecule has 0 aliphatic rings. The number of carbonyl (C=O) groups is 1. The zero-order valence-electron chi connectivity index (χ0n) is 15.1. The lowest BCUT2D eigenvalue weighted by Gasteiger charge is -2.08. The number of benzene rings is 2. The predicted molar refractivity (Wildman–Crippen MR) is 114 cm³/mol. The van der Waals surface area contributed by atoms with Crippen LogP contribution < -0.4 is 10.1 Å². The van der Waals surface area contributed by atoms with Gasteiger partial charge in [0.05, 0.1) is 17.3 Å². The predicted octanol–water partition coefficient (Wildman–Crippen LogP) is 5.28. The van der Waals surface area contributed by atoms with Crippen LogP contribution in [-0.4, -0.2) is 20.9 Å². The van der Waals surface area contributed by atoms with E-state index in [2.05, 4.69) is 26.3 Å². The average molecular weight is 398 g/mol. The Morgan fingerprint density at radius 3 is 2.66 bits per heavy atom. The summed E-state index contributed by atoms with van der Waals surface area (Å²) in [6, 6.07) is 18.6. The van der Waals surface area contributed by atoms with Crippen LogP contribution in [0.1, 0.15) is 10.4 Å². The lowest BCUT2D eigenvalue weighted by atomic mass is 10.2. The number of thiophene rings is 1. The number of nitrogens with zero attached hydrogens (tertiary/aromatic N) is 3. The first-order valence-electron chi connectivity index (χ1n) is 8.89. The summed E-state index contributed by atoms with van der Waals surface area (Å²) in [7, 11) is 0. The molecule has 5 rings (SSSR count). The molecule has 0 aliphatic heterocycles. The minimum absolute atomic E-state index is 0.210. The van der Waals surface area contributed by atoms with E-state index >= 15 is 0 Å². The van der Waals surface area contributed by atoms with Gasteiger partial charge in [-0.05, 0) is 42.5 Å². The van der Waals surface area contributed by atoms with Gasteiger partial charge in [-0.2, -0.15) is 0 Å². The third kappa shape index (κ3) is 3.39. The number of hydrogen-bond acceptors (Lipinski definition) is 6. The Hall–Kier alpha value is -3.84. The van der Waals surface area contributed by atoms with Crippen LogP contribution in [0, 0.1) is 0 Å². The number of rotatable bonds is 4. The third-order valence-corrected chi connectivity index (χ3v) is 5.47. The smallest absolute Gasteiger partial charge is 0.255 e. The van der Waals surface area contributed by atoms with Gasteiger partial charge in [0.25, 0.3) is 5.91 Å². The maximum atomic E-state index is 12.4. The monoisotopic (exact) mass is 398 g/mol. The Bertz CT molecular complexity index is 1320. The Kier molecular flexibility index (Phi) is 4.34. The molecule has 0 spiro atoms. The zero-order chi connectivity index (χ0) is 19.6. The number of hydrogen-bond donors (Lipinski definition) is 1. The van der Waals surface area contributed by atoms with Gasteiger partial charge in [-0.25, -0.2) is 9.97 Å². The van der Waals surface area contributed by atoms with E-state index in [1.54, 1.807) is 60.1 Å². The van der Waals surface area contributed by atoms with Crippen molar-refractivity contribution in [1.82, 2.24) is 15.0 Å². The molecule has 0 unspecified atom stereocenters. The highest BCUT2D eigenvalue weighted by atomic mass is 32.1. The molecule has 0 bridgehead atoms. The van der Waals surface area contributed by atoms with Crippen LogP contribution in [0.15, 0.2) is 79.4 Å². The second-order valence-corrected chi connectivity index (χ2v) is 7.31. The number of amides is 1. The first-order chi connectivity index (χ1) is 14.3. The van der Waals surface area contributed by atoms with Gasteiger partial charge >= 0.3 is 0 Å². The minimum Gasteiger partial charge on any atom is -0.438 e. The van der Waals surface area contributed by atoms with E-state index < -0.39 is 0 Å². The van der Waals surface area contributed by atoms with Crippen molar-refractivity contribution in [2.75, 3.05) is 5.32 Å². The quantitative estimate of drug-likeness (QED) is 0.445. The number of ether oxygens (including phenoxy) is 1. The Morgan fingerprint density at radius 2 is 1.83 bits per heavy atom. The number of anilines is 1. The van der Waals surface area contributed by atoms with Crippen molar-refractivity contribution in [3.63, 3.8) is 0 Å². The molecule has 0 saturated carbocycles. The summed E-state index contributed by atoms with van der Waals surface area (Å²) in [6.07, 6.45) is 4.76. The summed E-state index contributed by atoms with van der Waals surface area (Å²) in [5.74, 6) is 0.885. The van der Waals surface area contributed by atoms with Crippen LogP contribution in [0.25, 0.3) is 20.3 Å². The van der Waals surface area contributed by atoms with Crippen LogP contribution in [0.4, 0.5) is 5.69 Å². The normalized spacial score (nSPS) is 10.9. The summed E-state index contributed by atoms with van der Waals surface area (Å²) in [6.45, 7) is 0. The van der Waals surface area contributed by atoms with E-state index in [1.165, 1.54) is 6.33 Å². The Balaban J connectivity index is 1.41. The van der Waals surface area contributed by atoms with Crippen LogP contribution in [0.5, 0.6) is 11.6 Å². The molecule has 2 aromatic carbocycles. The van der Waals surface area contributed by atoms with Crippen LogP contribution in [0.3, 0.4) is 0 Å². The largest absolute Gasteiger partial charge is 0.438 e. The molecule has 1 amide bonds. The molecule has 5 aromatic rings. The first-order valence-corrected chi connectivity index (χ1v) is 9.71. The molecule has 6 nitrogen and oxygen atoms in total. The highest BCUT2D eigenvalue weighted by Crippen LogP contribution is 2.38. The summed E-state index contributed by atoms with van der Waals surface area (Å²) >= 11 is 1.60. The van der Waals surface area contributed by atoms with Gasteiger partial charge in [0.1, 0.15) is 16.9 Å².